The number of likely N-dealkylation sites (tertiary alicyclic amines) is 1. The molecule has 5 heteroatoms. The van der Waals surface area contributed by atoms with Gasteiger partial charge in [-0.05, 0) is 48.9 Å². The van der Waals surface area contributed by atoms with E-state index < -0.39 is 0 Å². The predicted octanol–water partition coefficient (Wildman–Crippen LogP) is 5.86. The highest BCUT2D eigenvalue weighted by Crippen LogP contribution is 2.33. The molecule has 3 rings (SSSR count). The number of urea groups is 1. The lowest BCUT2D eigenvalue weighted by atomic mass is 10.1. The number of rotatable bonds is 2. The molecule has 2 aromatic rings. The quantitative estimate of drug-likeness (QED) is 0.724. The molecule has 1 aliphatic heterocycles. The number of benzene rings is 1. The zero-order chi connectivity index (χ0) is 16.2. The normalized spacial score (nSPS) is 18.5. The average molecular weight is 349 g/mol. The van der Waals surface area contributed by atoms with Crippen molar-refractivity contribution in [3.05, 3.63) is 51.2 Å². The maximum Gasteiger partial charge on any atom is 0.322 e. The van der Waals surface area contributed by atoms with Crippen LogP contribution in [0, 0.1) is 6.92 Å². The number of thiophene rings is 1. The van der Waals surface area contributed by atoms with Crippen molar-refractivity contribution in [2.24, 2.45) is 0 Å². The number of carbonyl (C=O) groups excluding carboxylic acids is 1. The second-order valence-corrected chi connectivity index (χ2v) is 7.37. The Morgan fingerprint density at radius 3 is 2.91 bits per heavy atom. The topological polar surface area (TPSA) is 32.3 Å². The highest BCUT2D eigenvalue weighted by Gasteiger charge is 2.27. The van der Waals surface area contributed by atoms with Gasteiger partial charge in [0, 0.05) is 11.4 Å². The molecule has 0 aliphatic carbocycles. The third-order valence-corrected chi connectivity index (χ3v) is 5.54. The number of carbonyl (C=O) groups is 1. The number of nitrogens with zero attached hydrogens (tertiary/aromatic N) is 1. The number of nitrogens with one attached hydrogen (secondary N) is 1. The van der Waals surface area contributed by atoms with Crippen LogP contribution in [0.1, 0.15) is 42.2 Å². The summed E-state index contributed by atoms with van der Waals surface area (Å²) in [4.78, 5) is 16.1. The van der Waals surface area contributed by atoms with Gasteiger partial charge in [0.1, 0.15) is 0 Å². The van der Waals surface area contributed by atoms with Gasteiger partial charge in [0.05, 0.1) is 16.8 Å². The molecule has 0 radical (unpaired) electrons. The van der Waals surface area contributed by atoms with Gasteiger partial charge in [-0.3, -0.25) is 0 Å². The maximum absolute atomic E-state index is 12.8. The minimum absolute atomic E-state index is 0.0592. The lowest BCUT2D eigenvalue weighted by Crippen LogP contribution is -2.37. The Labute approximate surface area is 146 Å². The van der Waals surface area contributed by atoms with Crippen LogP contribution in [0.5, 0.6) is 0 Å². The number of hydrogen-bond acceptors (Lipinski definition) is 2. The van der Waals surface area contributed by atoms with E-state index in [0.29, 0.717) is 10.7 Å². The molecule has 1 aromatic carbocycles. The first-order chi connectivity index (χ1) is 11.1. The van der Waals surface area contributed by atoms with Crippen LogP contribution in [0.25, 0.3) is 0 Å². The van der Waals surface area contributed by atoms with E-state index in [1.165, 1.54) is 11.3 Å². The molecule has 1 atom stereocenters. The van der Waals surface area contributed by atoms with Gasteiger partial charge in [-0.25, -0.2) is 4.79 Å². The Kier molecular flexibility index (Phi) is 5.23. The van der Waals surface area contributed by atoms with E-state index in [1.807, 2.05) is 30.0 Å². The Balaban J connectivity index is 1.80. The molecule has 0 saturated carbocycles. The third kappa shape index (κ3) is 3.88. The molecule has 2 heterocycles. The van der Waals surface area contributed by atoms with Crippen molar-refractivity contribution in [1.82, 2.24) is 4.90 Å². The van der Waals surface area contributed by atoms with E-state index in [9.17, 15) is 4.79 Å². The summed E-state index contributed by atoms with van der Waals surface area (Å²) in [6, 6.07) is 9.99. The van der Waals surface area contributed by atoms with Crippen LogP contribution in [0.4, 0.5) is 10.5 Å². The molecule has 1 aliphatic rings. The summed E-state index contributed by atoms with van der Waals surface area (Å²) in [5.41, 5.74) is 1.76. The van der Waals surface area contributed by atoms with Crippen LogP contribution in [-0.4, -0.2) is 17.5 Å². The third-order valence-electron chi connectivity index (χ3n) is 4.25. The molecule has 1 fully saturated rings. The minimum Gasteiger partial charge on any atom is -0.317 e. The molecular formula is C18H21ClN2OS. The largest absolute Gasteiger partial charge is 0.322 e. The van der Waals surface area contributed by atoms with Gasteiger partial charge in [0.25, 0.3) is 0 Å². The van der Waals surface area contributed by atoms with Crippen LogP contribution in [0.3, 0.4) is 0 Å². The molecule has 23 heavy (non-hydrogen) atoms. The maximum atomic E-state index is 12.8. The molecule has 0 spiro atoms. The van der Waals surface area contributed by atoms with Gasteiger partial charge in [-0.15, -0.1) is 11.3 Å². The van der Waals surface area contributed by atoms with Gasteiger partial charge in [0.2, 0.25) is 0 Å². The van der Waals surface area contributed by atoms with E-state index in [4.69, 9.17) is 11.6 Å². The summed E-state index contributed by atoms with van der Waals surface area (Å²) in [5, 5.41) is 5.65. The van der Waals surface area contributed by atoms with E-state index in [0.717, 1.165) is 31.4 Å². The number of halogens is 1. The smallest absolute Gasteiger partial charge is 0.317 e. The molecule has 0 bridgehead atoms. The zero-order valence-corrected chi connectivity index (χ0v) is 14.8. The second-order valence-electron chi connectivity index (χ2n) is 5.99. The van der Waals surface area contributed by atoms with Crippen molar-refractivity contribution in [2.75, 3.05) is 11.9 Å². The average Bonchev–Trinajstić information content (AvgIpc) is 2.94. The Hall–Kier alpha value is -1.52. The Bertz CT molecular complexity index is 672. The van der Waals surface area contributed by atoms with E-state index in [-0.39, 0.29) is 12.1 Å². The van der Waals surface area contributed by atoms with E-state index >= 15 is 0 Å². The minimum atomic E-state index is -0.0592. The summed E-state index contributed by atoms with van der Waals surface area (Å²) >= 11 is 7.97. The van der Waals surface area contributed by atoms with Crippen molar-refractivity contribution in [2.45, 2.75) is 38.6 Å². The van der Waals surface area contributed by atoms with Gasteiger partial charge in [-0.1, -0.05) is 36.6 Å². The molecule has 0 unspecified atom stereocenters. The molecule has 122 valence electrons. The van der Waals surface area contributed by atoms with Crippen molar-refractivity contribution < 1.29 is 4.79 Å². The SMILES string of the molecule is Cc1ccc(NC(=O)N2CCCCC[C@H]2c2cccs2)c(Cl)c1. The van der Waals surface area contributed by atoms with E-state index in [2.05, 4.69) is 22.8 Å². The van der Waals surface area contributed by atoms with Crippen LogP contribution in [0.2, 0.25) is 5.02 Å². The zero-order valence-electron chi connectivity index (χ0n) is 13.2. The first-order valence-corrected chi connectivity index (χ1v) is 9.28. The van der Waals surface area contributed by atoms with Crippen molar-refractivity contribution in [3.8, 4) is 0 Å². The molecule has 1 N–H and O–H groups in total. The van der Waals surface area contributed by atoms with Crippen molar-refractivity contribution in [1.29, 1.82) is 0 Å². The fourth-order valence-corrected chi connectivity index (χ4v) is 4.19. The summed E-state index contributed by atoms with van der Waals surface area (Å²) in [6.07, 6.45) is 4.42. The molecule has 1 aromatic heterocycles. The first kappa shape index (κ1) is 16.3. The van der Waals surface area contributed by atoms with Crippen LogP contribution in [0.15, 0.2) is 35.7 Å². The van der Waals surface area contributed by atoms with E-state index in [1.54, 1.807) is 11.3 Å². The molecule has 3 nitrogen and oxygen atoms in total. The second kappa shape index (κ2) is 7.37. The van der Waals surface area contributed by atoms with Crippen LogP contribution in [-0.2, 0) is 0 Å². The predicted molar refractivity (Wildman–Crippen MR) is 97.4 cm³/mol. The summed E-state index contributed by atoms with van der Waals surface area (Å²) < 4.78 is 0. The van der Waals surface area contributed by atoms with Gasteiger partial charge >= 0.3 is 6.03 Å². The highest BCUT2D eigenvalue weighted by molar-refractivity contribution is 7.10. The fourth-order valence-electron chi connectivity index (χ4n) is 3.04. The number of hydrogen-bond donors (Lipinski definition) is 1. The number of aryl methyl sites for hydroxylation is 1. The molecule has 2 amide bonds. The summed E-state index contributed by atoms with van der Waals surface area (Å²) in [5.74, 6) is 0. The van der Waals surface area contributed by atoms with Crippen LogP contribution >= 0.6 is 22.9 Å². The lowest BCUT2D eigenvalue weighted by molar-refractivity contribution is 0.190. The lowest BCUT2D eigenvalue weighted by Gasteiger charge is -2.29. The first-order valence-electron chi connectivity index (χ1n) is 8.02. The summed E-state index contributed by atoms with van der Waals surface area (Å²) in [7, 11) is 0. The van der Waals surface area contributed by atoms with Crippen LogP contribution < -0.4 is 5.32 Å². The highest BCUT2D eigenvalue weighted by atomic mass is 35.5. The standard InChI is InChI=1S/C18H21ClN2OS/c1-13-8-9-15(14(19)12-13)20-18(22)21-10-4-2-3-6-16(21)17-7-5-11-23-17/h5,7-9,11-12,16H,2-4,6,10H2,1H3,(H,20,22)/t16-/m0/s1. The number of amides is 2. The molecule has 1 saturated heterocycles. The fraction of sp³-hybridized carbons (Fsp3) is 0.389. The number of anilines is 1. The Morgan fingerprint density at radius 1 is 1.30 bits per heavy atom. The molecular weight excluding hydrogens is 328 g/mol. The van der Waals surface area contributed by atoms with Crippen molar-refractivity contribution in [3.63, 3.8) is 0 Å². The van der Waals surface area contributed by atoms with Gasteiger partial charge in [0.15, 0.2) is 0 Å². The monoisotopic (exact) mass is 348 g/mol. The Morgan fingerprint density at radius 2 is 2.17 bits per heavy atom. The van der Waals surface area contributed by atoms with Crippen molar-refractivity contribution >= 4 is 34.7 Å². The van der Waals surface area contributed by atoms with Gasteiger partial charge < -0.3 is 10.2 Å². The summed E-state index contributed by atoms with van der Waals surface area (Å²) in [6.45, 7) is 2.77. The van der Waals surface area contributed by atoms with Gasteiger partial charge in [-0.2, -0.15) is 0 Å².